The summed E-state index contributed by atoms with van der Waals surface area (Å²) in [5, 5.41) is 0. The summed E-state index contributed by atoms with van der Waals surface area (Å²) in [4.78, 5) is 37.8. The summed E-state index contributed by atoms with van der Waals surface area (Å²) in [5.74, 6) is -0.923. The fourth-order valence-corrected chi connectivity index (χ4v) is 6.76. The lowest BCUT2D eigenvalue weighted by Crippen LogP contribution is -2.30. The molecule has 0 aromatic rings. The van der Waals surface area contributed by atoms with Crippen molar-refractivity contribution in [3.05, 3.63) is 48.6 Å². The lowest BCUT2D eigenvalue weighted by Gasteiger charge is -2.18. The Balaban J connectivity index is 4.37. The Hall–Kier alpha value is -2.63. The first-order valence-corrected chi connectivity index (χ1v) is 24.7. The number of rotatable bonds is 44. The third-order valence-electron chi connectivity index (χ3n) is 10.6. The first kappa shape index (κ1) is 55.4. The molecule has 0 aliphatic carbocycles. The number of hydrogen-bond donors (Lipinski definition) is 0. The Morgan fingerprint density at radius 1 is 0.345 bits per heavy atom. The zero-order chi connectivity index (χ0) is 42.3. The summed E-state index contributed by atoms with van der Waals surface area (Å²) in [6.07, 6.45) is 55.2. The first-order valence-electron chi connectivity index (χ1n) is 24.7. The van der Waals surface area contributed by atoms with Gasteiger partial charge in [0.25, 0.3) is 0 Å². The monoisotopic (exact) mass is 813 g/mol. The highest BCUT2D eigenvalue weighted by Gasteiger charge is 2.19. The lowest BCUT2D eigenvalue weighted by molar-refractivity contribution is -0.167. The molecular formula is C52H92O6. The topological polar surface area (TPSA) is 78.9 Å². The van der Waals surface area contributed by atoms with Crippen molar-refractivity contribution in [1.82, 2.24) is 0 Å². The molecule has 0 fully saturated rings. The van der Waals surface area contributed by atoms with Crippen LogP contribution in [0.5, 0.6) is 0 Å². The van der Waals surface area contributed by atoms with Crippen LogP contribution < -0.4 is 0 Å². The standard InChI is InChI=1S/C52H92O6/c1-4-7-10-13-16-19-22-24-25-26-27-28-29-31-33-36-39-42-45-51(54)57-48-49(47-56-50(53)44-41-38-35-32-21-18-15-12-9-6-3)58-52(55)46-43-40-37-34-30-23-20-17-14-11-8-5-2/h15,17-18,20,25-28,49H,4-14,16,19,21-24,29-48H2,1-3H3/b18-15-,20-17-,26-25-,28-27-. The van der Waals surface area contributed by atoms with Gasteiger partial charge in [-0.3, -0.25) is 14.4 Å². The van der Waals surface area contributed by atoms with Crippen molar-refractivity contribution in [3.63, 3.8) is 0 Å². The molecule has 0 N–H and O–H groups in total. The van der Waals surface area contributed by atoms with E-state index in [2.05, 4.69) is 69.4 Å². The molecule has 0 saturated carbocycles. The second kappa shape index (κ2) is 47.1. The molecular weight excluding hydrogens is 721 g/mol. The minimum atomic E-state index is -0.785. The van der Waals surface area contributed by atoms with Gasteiger partial charge in [-0.25, -0.2) is 0 Å². The largest absolute Gasteiger partial charge is 0.462 e. The normalized spacial score (nSPS) is 12.4. The third-order valence-corrected chi connectivity index (χ3v) is 10.6. The number of carbonyl (C=O) groups is 3. The number of hydrogen-bond acceptors (Lipinski definition) is 6. The van der Waals surface area contributed by atoms with Crippen molar-refractivity contribution >= 4 is 17.9 Å². The van der Waals surface area contributed by atoms with Crippen LogP contribution in [0.1, 0.15) is 245 Å². The molecule has 0 bridgehead atoms. The lowest BCUT2D eigenvalue weighted by atomic mass is 10.1. The van der Waals surface area contributed by atoms with Gasteiger partial charge in [-0.05, 0) is 89.9 Å². The summed E-state index contributed by atoms with van der Waals surface area (Å²) in [5.41, 5.74) is 0. The van der Waals surface area contributed by atoms with Crippen molar-refractivity contribution in [1.29, 1.82) is 0 Å². The van der Waals surface area contributed by atoms with Gasteiger partial charge in [0.05, 0.1) is 0 Å². The number of esters is 3. The van der Waals surface area contributed by atoms with Gasteiger partial charge < -0.3 is 14.2 Å². The predicted molar refractivity (Wildman–Crippen MR) is 247 cm³/mol. The number of ether oxygens (including phenoxy) is 3. The zero-order valence-corrected chi connectivity index (χ0v) is 38.3. The van der Waals surface area contributed by atoms with Crippen LogP contribution in [0.3, 0.4) is 0 Å². The van der Waals surface area contributed by atoms with Crippen LogP contribution in [0.15, 0.2) is 48.6 Å². The summed E-state index contributed by atoms with van der Waals surface area (Å²) < 4.78 is 16.7. The van der Waals surface area contributed by atoms with Crippen LogP contribution in [0.25, 0.3) is 0 Å². The molecule has 1 atom stereocenters. The molecule has 0 heterocycles. The molecule has 58 heavy (non-hydrogen) atoms. The second-order valence-corrected chi connectivity index (χ2v) is 16.4. The number of unbranched alkanes of at least 4 members (excludes halogenated alkanes) is 26. The Bertz CT molecular complexity index is 1030. The van der Waals surface area contributed by atoms with E-state index in [1.54, 1.807) is 0 Å². The van der Waals surface area contributed by atoms with Gasteiger partial charge in [-0.15, -0.1) is 0 Å². The smallest absolute Gasteiger partial charge is 0.306 e. The Kier molecular flexibility index (Phi) is 44.9. The molecule has 336 valence electrons. The van der Waals surface area contributed by atoms with Gasteiger partial charge in [0.15, 0.2) is 6.10 Å². The molecule has 0 radical (unpaired) electrons. The Morgan fingerprint density at radius 3 is 1.05 bits per heavy atom. The van der Waals surface area contributed by atoms with E-state index < -0.39 is 6.10 Å². The fraction of sp³-hybridized carbons (Fsp3) is 0.788. The van der Waals surface area contributed by atoms with Crippen molar-refractivity contribution in [2.75, 3.05) is 13.2 Å². The van der Waals surface area contributed by atoms with E-state index in [9.17, 15) is 14.4 Å². The molecule has 0 spiro atoms. The van der Waals surface area contributed by atoms with E-state index in [-0.39, 0.29) is 31.1 Å². The Labute approximate surface area is 358 Å². The highest BCUT2D eigenvalue weighted by Crippen LogP contribution is 2.13. The molecule has 0 aliphatic heterocycles. The first-order chi connectivity index (χ1) is 28.5. The summed E-state index contributed by atoms with van der Waals surface area (Å²) in [6, 6.07) is 0. The van der Waals surface area contributed by atoms with Gasteiger partial charge in [0, 0.05) is 19.3 Å². The average molecular weight is 813 g/mol. The molecule has 0 rings (SSSR count). The second-order valence-electron chi connectivity index (χ2n) is 16.4. The van der Waals surface area contributed by atoms with E-state index in [4.69, 9.17) is 14.2 Å². The van der Waals surface area contributed by atoms with Crippen molar-refractivity contribution < 1.29 is 28.6 Å². The maximum Gasteiger partial charge on any atom is 0.306 e. The summed E-state index contributed by atoms with van der Waals surface area (Å²) in [6.45, 7) is 6.53. The van der Waals surface area contributed by atoms with Gasteiger partial charge >= 0.3 is 17.9 Å². The molecule has 0 aliphatic rings. The maximum atomic E-state index is 12.7. The van der Waals surface area contributed by atoms with Crippen molar-refractivity contribution in [3.8, 4) is 0 Å². The van der Waals surface area contributed by atoms with Gasteiger partial charge in [0.2, 0.25) is 0 Å². The van der Waals surface area contributed by atoms with E-state index in [1.807, 2.05) is 0 Å². The Morgan fingerprint density at radius 2 is 0.638 bits per heavy atom. The molecule has 0 amide bonds. The van der Waals surface area contributed by atoms with E-state index >= 15 is 0 Å². The van der Waals surface area contributed by atoms with Crippen LogP contribution in [0.2, 0.25) is 0 Å². The van der Waals surface area contributed by atoms with E-state index in [1.165, 1.54) is 96.3 Å². The third kappa shape index (κ3) is 44.5. The maximum absolute atomic E-state index is 12.7. The van der Waals surface area contributed by atoms with Crippen LogP contribution >= 0.6 is 0 Å². The molecule has 0 aromatic heterocycles. The van der Waals surface area contributed by atoms with Crippen LogP contribution in [-0.4, -0.2) is 37.2 Å². The highest BCUT2D eigenvalue weighted by molar-refractivity contribution is 5.71. The van der Waals surface area contributed by atoms with Crippen LogP contribution in [0, 0.1) is 0 Å². The molecule has 6 nitrogen and oxygen atoms in total. The molecule has 1 unspecified atom stereocenters. The van der Waals surface area contributed by atoms with Crippen LogP contribution in [0.4, 0.5) is 0 Å². The zero-order valence-electron chi connectivity index (χ0n) is 38.3. The van der Waals surface area contributed by atoms with Crippen molar-refractivity contribution in [2.45, 2.75) is 252 Å². The minimum absolute atomic E-state index is 0.0875. The van der Waals surface area contributed by atoms with E-state index in [0.717, 1.165) is 109 Å². The SMILES string of the molecule is CCCC/C=C\CCCCCCC(=O)OCC(COC(=O)CCCCCCC/C=C\C=C/CCCCCCCCC)OC(=O)CCCCCCC/C=C\CCCCC. The van der Waals surface area contributed by atoms with Gasteiger partial charge in [0.1, 0.15) is 13.2 Å². The highest BCUT2D eigenvalue weighted by atomic mass is 16.6. The van der Waals surface area contributed by atoms with Gasteiger partial charge in [-0.2, -0.15) is 0 Å². The summed E-state index contributed by atoms with van der Waals surface area (Å²) >= 11 is 0. The summed E-state index contributed by atoms with van der Waals surface area (Å²) in [7, 11) is 0. The van der Waals surface area contributed by atoms with Crippen molar-refractivity contribution in [2.24, 2.45) is 0 Å². The number of carbonyl (C=O) groups excluding carboxylic acids is 3. The number of allylic oxidation sites excluding steroid dienone is 8. The average Bonchev–Trinajstić information content (AvgIpc) is 3.22. The van der Waals surface area contributed by atoms with Crippen LogP contribution in [-0.2, 0) is 28.6 Å². The molecule has 6 heteroatoms. The predicted octanol–water partition coefficient (Wildman–Crippen LogP) is 15.9. The molecule has 0 saturated heterocycles. The van der Waals surface area contributed by atoms with E-state index in [0.29, 0.717) is 19.3 Å². The fourth-order valence-electron chi connectivity index (χ4n) is 6.76. The quantitative estimate of drug-likeness (QED) is 0.0200. The molecule has 0 aromatic carbocycles. The minimum Gasteiger partial charge on any atom is -0.462 e. The van der Waals surface area contributed by atoms with Gasteiger partial charge in [-0.1, -0.05) is 185 Å².